The zero-order chi connectivity index (χ0) is 17.7. The Balaban J connectivity index is 3.99. The molecule has 0 aliphatic heterocycles. The summed E-state index contributed by atoms with van der Waals surface area (Å²) in [5.74, 6) is 1.32. The van der Waals surface area contributed by atoms with Gasteiger partial charge >= 0.3 is 5.30 Å². The van der Waals surface area contributed by atoms with Gasteiger partial charge in [0.15, 0.2) is 0 Å². The molecule has 0 heterocycles. The Kier molecular flexibility index (Phi) is 13.2. The van der Waals surface area contributed by atoms with E-state index in [9.17, 15) is 4.79 Å². The molecule has 0 saturated heterocycles. The molecule has 0 aliphatic carbocycles. The third kappa shape index (κ3) is 12.4. The normalized spacial score (nSPS) is 14.2. The number of ether oxygens (including phenoxy) is 2. The van der Waals surface area contributed by atoms with Gasteiger partial charge in [0, 0.05) is 12.9 Å². The predicted octanol–water partition coefficient (Wildman–Crippen LogP) is 6.00. The number of carbonyl (C=O) groups is 1. The van der Waals surface area contributed by atoms with Crippen molar-refractivity contribution in [2.45, 2.75) is 66.4 Å². The van der Waals surface area contributed by atoms with Crippen LogP contribution >= 0.6 is 11.8 Å². The molecule has 0 bridgehead atoms. The lowest BCUT2D eigenvalue weighted by Gasteiger charge is -2.19. The summed E-state index contributed by atoms with van der Waals surface area (Å²) in [5, 5.41) is -0.190. The largest absolute Gasteiger partial charge is 0.453 e. The highest BCUT2D eigenvalue weighted by molar-refractivity contribution is 8.13. The van der Waals surface area contributed by atoms with Crippen LogP contribution < -0.4 is 0 Å². The van der Waals surface area contributed by atoms with Crippen molar-refractivity contribution in [1.82, 2.24) is 0 Å². The molecule has 0 fully saturated rings. The molecular formula is C19H34O3S. The van der Waals surface area contributed by atoms with E-state index >= 15 is 0 Å². The summed E-state index contributed by atoms with van der Waals surface area (Å²) in [6.45, 7) is 11.0. The Morgan fingerprint density at radius 3 is 2.35 bits per heavy atom. The fourth-order valence-electron chi connectivity index (χ4n) is 2.26. The summed E-state index contributed by atoms with van der Waals surface area (Å²) in [6, 6.07) is 0. The van der Waals surface area contributed by atoms with E-state index in [1.54, 1.807) is 7.11 Å². The van der Waals surface area contributed by atoms with Gasteiger partial charge < -0.3 is 9.47 Å². The topological polar surface area (TPSA) is 35.5 Å². The van der Waals surface area contributed by atoms with Crippen molar-refractivity contribution in [3.05, 3.63) is 23.3 Å². The Morgan fingerprint density at radius 1 is 1.13 bits per heavy atom. The van der Waals surface area contributed by atoms with Crippen molar-refractivity contribution in [3.8, 4) is 0 Å². The number of rotatable bonds is 11. The van der Waals surface area contributed by atoms with E-state index in [2.05, 4.69) is 33.8 Å². The first-order valence-corrected chi connectivity index (χ1v) is 9.52. The summed E-state index contributed by atoms with van der Waals surface area (Å²) in [6.07, 6.45) is 8.86. The number of thioether (sulfide) groups is 1. The second kappa shape index (κ2) is 13.7. The number of hydrogen-bond donors (Lipinski definition) is 0. The fourth-order valence-corrected chi connectivity index (χ4v) is 2.64. The van der Waals surface area contributed by atoms with Crippen LogP contribution in [0.25, 0.3) is 0 Å². The van der Waals surface area contributed by atoms with Crippen LogP contribution in [-0.4, -0.2) is 30.9 Å². The minimum absolute atomic E-state index is 0.190. The molecule has 0 spiro atoms. The average Bonchev–Trinajstić information content (AvgIpc) is 2.47. The summed E-state index contributed by atoms with van der Waals surface area (Å²) in [7, 11) is 1.80. The highest BCUT2D eigenvalue weighted by atomic mass is 32.2. The molecule has 0 rings (SSSR count). The number of methoxy groups -OCH3 is 1. The molecule has 3 nitrogen and oxygen atoms in total. The lowest BCUT2D eigenvalue weighted by atomic mass is 9.99. The summed E-state index contributed by atoms with van der Waals surface area (Å²) >= 11 is 1.21. The standard InChI is InChI=1S/C19H34O3S/c1-7-23-19(20)22-14-13-17(5)10-8-9-16(4)11-12-18(21-6)15(2)3/h9,13,15,18H,7-8,10-12,14H2,1-6H3/b16-9+,17-13+. The highest BCUT2D eigenvalue weighted by Crippen LogP contribution is 2.17. The maximum atomic E-state index is 11.2. The number of allylic oxidation sites excluding steroid dienone is 3. The summed E-state index contributed by atoms with van der Waals surface area (Å²) < 4.78 is 10.6. The van der Waals surface area contributed by atoms with Crippen LogP contribution in [0.2, 0.25) is 0 Å². The van der Waals surface area contributed by atoms with E-state index in [1.165, 1.54) is 22.9 Å². The SMILES string of the molecule is CCSC(=O)OC/C=C(\C)CC/C=C(\C)CCC(OC)C(C)C. The molecule has 1 unspecified atom stereocenters. The predicted molar refractivity (Wildman–Crippen MR) is 101 cm³/mol. The van der Waals surface area contributed by atoms with E-state index in [4.69, 9.17) is 9.47 Å². The molecule has 0 radical (unpaired) electrons. The smallest absolute Gasteiger partial charge is 0.367 e. The van der Waals surface area contributed by atoms with Crippen LogP contribution in [0.3, 0.4) is 0 Å². The van der Waals surface area contributed by atoms with E-state index in [1.807, 2.05) is 13.0 Å². The van der Waals surface area contributed by atoms with Crippen molar-refractivity contribution in [1.29, 1.82) is 0 Å². The van der Waals surface area contributed by atoms with Crippen molar-refractivity contribution in [3.63, 3.8) is 0 Å². The third-order valence-electron chi connectivity index (χ3n) is 3.80. The molecule has 4 heteroatoms. The van der Waals surface area contributed by atoms with Crippen molar-refractivity contribution in [2.24, 2.45) is 5.92 Å². The van der Waals surface area contributed by atoms with Gasteiger partial charge in [0.25, 0.3) is 0 Å². The molecule has 23 heavy (non-hydrogen) atoms. The lowest BCUT2D eigenvalue weighted by molar-refractivity contribution is 0.0584. The first kappa shape index (κ1) is 22.3. The molecule has 1 atom stereocenters. The average molecular weight is 343 g/mol. The van der Waals surface area contributed by atoms with Gasteiger partial charge in [0.05, 0.1) is 6.10 Å². The zero-order valence-electron chi connectivity index (χ0n) is 15.7. The van der Waals surface area contributed by atoms with Crippen LogP contribution in [-0.2, 0) is 9.47 Å². The zero-order valence-corrected chi connectivity index (χ0v) is 16.5. The molecule has 0 amide bonds. The molecule has 0 aromatic heterocycles. The van der Waals surface area contributed by atoms with Crippen molar-refractivity contribution in [2.75, 3.05) is 19.5 Å². The van der Waals surface area contributed by atoms with E-state index in [0.29, 0.717) is 18.6 Å². The van der Waals surface area contributed by atoms with Crippen LogP contribution in [0.5, 0.6) is 0 Å². The van der Waals surface area contributed by atoms with Gasteiger partial charge in [-0.1, -0.05) is 38.0 Å². The maximum Gasteiger partial charge on any atom is 0.367 e. The van der Waals surface area contributed by atoms with Crippen LogP contribution in [0.15, 0.2) is 23.3 Å². The van der Waals surface area contributed by atoms with Gasteiger partial charge in [0.1, 0.15) is 6.61 Å². The Hall–Kier alpha value is -0.740. The van der Waals surface area contributed by atoms with Crippen molar-refractivity contribution < 1.29 is 14.3 Å². The van der Waals surface area contributed by atoms with Gasteiger partial charge in [0.2, 0.25) is 0 Å². The Labute approximate surface area is 146 Å². The quantitative estimate of drug-likeness (QED) is 0.341. The van der Waals surface area contributed by atoms with E-state index in [-0.39, 0.29) is 5.30 Å². The van der Waals surface area contributed by atoms with Gasteiger partial charge in [-0.15, -0.1) is 0 Å². The van der Waals surface area contributed by atoms with Crippen molar-refractivity contribution >= 4 is 17.1 Å². The monoisotopic (exact) mass is 342 g/mol. The second-order valence-electron chi connectivity index (χ2n) is 6.19. The van der Waals surface area contributed by atoms with E-state index < -0.39 is 0 Å². The van der Waals surface area contributed by atoms with Gasteiger partial charge in [-0.3, -0.25) is 0 Å². The minimum Gasteiger partial charge on any atom is -0.453 e. The number of carbonyl (C=O) groups excluding carboxylic acids is 1. The second-order valence-corrected chi connectivity index (χ2v) is 7.39. The molecular weight excluding hydrogens is 308 g/mol. The third-order valence-corrected chi connectivity index (χ3v) is 4.44. The molecule has 0 aromatic rings. The van der Waals surface area contributed by atoms with Crippen LogP contribution in [0, 0.1) is 5.92 Å². The Morgan fingerprint density at radius 2 is 1.78 bits per heavy atom. The summed E-state index contributed by atoms with van der Waals surface area (Å²) in [5.41, 5.74) is 2.69. The van der Waals surface area contributed by atoms with E-state index in [0.717, 1.165) is 31.4 Å². The molecule has 134 valence electrons. The molecule has 0 aliphatic rings. The first-order chi connectivity index (χ1) is 10.9. The Bertz CT molecular complexity index is 386. The highest BCUT2D eigenvalue weighted by Gasteiger charge is 2.11. The first-order valence-electron chi connectivity index (χ1n) is 8.54. The van der Waals surface area contributed by atoms with Gasteiger partial charge in [-0.05, 0) is 63.3 Å². The van der Waals surface area contributed by atoms with Crippen LogP contribution in [0.4, 0.5) is 4.79 Å². The van der Waals surface area contributed by atoms with Gasteiger partial charge in [-0.25, -0.2) is 4.79 Å². The summed E-state index contributed by atoms with van der Waals surface area (Å²) in [4.78, 5) is 11.2. The maximum absolute atomic E-state index is 11.2. The fraction of sp³-hybridized carbons (Fsp3) is 0.737. The molecule has 0 aromatic carbocycles. The minimum atomic E-state index is -0.190. The molecule has 0 N–H and O–H groups in total. The number of hydrogen-bond acceptors (Lipinski definition) is 4. The lowest BCUT2D eigenvalue weighted by Crippen LogP contribution is -2.17. The molecule has 0 saturated carbocycles. The van der Waals surface area contributed by atoms with Crippen LogP contribution in [0.1, 0.15) is 60.3 Å². The van der Waals surface area contributed by atoms with Gasteiger partial charge in [-0.2, -0.15) is 0 Å².